The van der Waals surface area contributed by atoms with Gasteiger partial charge in [0, 0.05) is 29.6 Å². The van der Waals surface area contributed by atoms with Gasteiger partial charge in [-0.2, -0.15) is 0 Å². The number of aliphatic hydroxyl groups excluding tert-OH is 1. The molecule has 24 heavy (non-hydrogen) atoms. The molecule has 2 aromatic rings. The summed E-state index contributed by atoms with van der Waals surface area (Å²) in [5.41, 5.74) is 11.7. The average molecular weight is 325 g/mol. The van der Waals surface area contributed by atoms with Gasteiger partial charge in [-0.1, -0.05) is 52.0 Å². The average Bonchev–Trinajstić information content (AvgIpc) is 2.53. The smallest absolute Gasteiger partial charge is 0.0705 e. The predicted molar refractivity (Wildman–Crippen MR) is 99.4 cm³/mol. The van der Waals surface area contributed by atoms with Gasteiger partial charge in [0.25, 0.3) is 0 Å². The first kappa shape index (κ1) is 18.6. The van der Waals surface area contributed by atoms with E-state index in [1.807, 2.05) is 12.1 Å². The molecule has 0 aliphatic heterocycles. The molecule has 1 aromatic heterocycles. The molecule has 0 unspecified atom stereocenters. The van der Waals surface area contributed by atoms with Gasteiger partial charge in [-0.3, -0.25) is 4.98 Å². The SMILES string of the molecule is CC(C)Cc1[c]c(-c2ccc(CN)cc2)c(CO)c(CC(C)C)n1. The Labute approximate surface area is 145 Å². The molecule has 2 rings (SSSR count). The van der Waals surface area contributed by atoms with Crippen LogP contribution in [0.25, 0.3) is 11.1 Å². The van der Waals surface area contributed by atoms with Crippen LogP contribution < -0.4 is 5.73 Å². The number of benzene rings is 1. The quantitative estimate of drug-likeness (QED) is 0.812. The third-order valence-corrected chi connectivity index (χ3v) is 4.03. The first-order valence-electron chi connectivity index (χ1n) is 8.78. The molecular weight excluding hydrogens is 296 g/mol. The topological polar surface area (TPSA) is 59.1 Å². The Bertz CT molecular complexity index is 660. The van der Waals surface area contributed by atoms with Crippen molar-refractivity contribution in [2.24, 2.45) is 17.6 Å². The molecule has 0 aliphatic rings. The Morgan fingerprint density at radius 2 is 1.67 bits per heavy atom. The molecule has 3 N–H and O–H groups in total. The summed E-state index contributed by atoms with van der Waals surface area (Å²) in [4.78, 5) is 4.81. The van der Waals surface area contributed by atoms with Gasteiger partial charge in [0.1, 0.15) is 0 Å². The highest BCUT2D eigenvalue weighted by atomic mass is 16.3. The van der Waals surface area contributed by atoms with Crippen LogP contribution in [0.3, 0.4) is 0 Å². The Hall–Kier alpha value is -1.71. The van der Waals surface area contributed by atoms with Crippen LogP contribution in [0, 0.1) is 17.9 Å². The highest BCUT2D eigenvalue weighted by Crippen LogP contribution is 2.28. The highest BCUT2D eigenvalue weighted by Gasteiger charge is 2.16. The summed E-state index contributed by atoms with van der Waals surface area (Å²) in [7, 11) is 0. The predicted octanol–water partition coefficient (Wildman–Crippen LogP) is 3.90. The van der Waals surface area contributed by atoms with Gasteiger partial charge in [-0.25, -0.2) is 0 Å². The van der Waals surface area contributed by atoms with Gasteiger partial charge in [0.15, 0.2) is 0 Å². The molecule has 0 fully saturated rings. The van der Waals surface area contributed by atoms with Gasteiger partial charge in [0.05, 0.1) is 6.61 Å². The number of aliphatic hydroxyl groups is 1. The lowest BCUT2D eigenvalue weighted by Crippen LogP contribution is -2.09. The molecule has 129 valence electrons. The van der Waals surface area contributed by atoms with Crippen molar-refractivity contribution in [3.05, 3.63) is 52.8 Å². The summed E-state index contributed by atoms with van der Waals surface area (Å²) in [6.07, 6.45) is 1.76. The molecule has 0 saturated heterocycles. The van der Waals surface area contributed by atoms with Crippen molar-refractivity contribution in [1.82, 2.24) is 4.98 Å². The second kappa shape index (κ2) is 8.41. The second-order valence-corrected chi connectivity index (χ2v) is 7.24. The Morgan fingerprint density at radius 1 is 1.04 bits per heavy atom. The summed E-state index contributed by atoms with van der Waals surface area (Å²) in [6.45, 7) is 9.25. The number of aromatic nitrogens is 1. The van der Waals surface area contributed by atoms with Crippen molar-refractivity contribution in [1.29, 1.82) is 0 Å². The summed E-state index contributed by atoms with van der Waals surface area (Å²) >= 11 is 0. The van der Waals surface area contributed by atoms with Crippen molar-refractivity contribution in [3.63, 3.8) is 0 Å². The minimum absolute atomic E-state index is 0.0124. The van der Waals surface area contributed by atoms with E-state index in [0.29, 0.717) is 18.4 Å². The van der Waals surface area contributed by atoms with E-state index in [1.165, 1.54) is 0 Å². The van der Waals surface area contributed by atoms with E-state index in [2.05, 4.69) is 45.9 Å². The number of hydrogen-bond acceptors (Lipinski definition) is 3. The number of pyridine rings is 1. The van der Waals surface area contributed by atoms with Crippen molar-refractivity contribution in [3.8, 4) is 11.1 Å². The van der Waals surface area contributed by atoms with Crippen molar-refractivity contribution in [2.45, 2.75) is 53.7 Å². The first-order valence-corrected chi connectivity index (χ1v) is 8.78. The molecule has 0 amide bonds. The maximum absolute atomic E-state index is 9.97. The van der Waals surface area contributed by atoms with Crippen LogP contribution in [0.4, 0.5) is 0 Å². The number of rotatable bonds is 7. The third-order valence-electron chi connectivity index (χ3n) is 4.03. The van der Waals surface area contributed by atoms with E-state index < -0.39 is 0 Å². The van der Waals surface area contributed by atoms with Crippen molar-refractivity contribution in [2.75, 3.05) is 0 Å². The van der Waals surface area contributed by atoms with Crippen LogP contribution in [0.15, 0.2) is 24.3 Å². The molecule has 0 aliphatic carbocycles. The maximum atomic E-state index is 9.97. The Balaban J connectivity index is 2.56. The first-order chi connectivity index (χ1) is 11.4. The zero-order chi connectivity index (χ0) is 17.7. The van der Waals surface area contributed by atoms with Crippen LogP contribution in [0.5, 0.6) is 0 Å². The van der Waals surface area contributed by atoms with Crippen molar-refractivity contribution < 1.29 is 5.11 Å². The fourth-order valence-corrected chi connectivity index (χ4v) is 2.89. The summed E-state index contributed by atoms with van der Waals surface area (Å²) in [5, 5.41) is 9.97. The molecule has 1 heterocycles. The lowest BCUT2D eigenvalue weighted by atomic mass is 9.93. The van der Waals surface area contributed by atoms with Gasteiger partial charge in [-0.15, -0.1) is 0 Å². The van der Waals surface area contributed by atoms with E-state index in [-0.39, 0.29) is 6.61 Å². The van der Waals surface area contributed by atoms with E-state index in [9.17, 15) is 5.11 Å². The standard InChI is InChI=1S/C21H29N2O/c1-14(2)9-18-11-19(17-7-5-16(12-22)6-8-17)20(13-24)21(23-18)10-15(3)4/h5-8,14-15,24H,9-10,12-13,22H2,1-4H3. The molecule has 3 heteroatoms. The van der Waals surface area contributed by atoms with Crippen LogP contribution in [-0.2, 0) is 26.0 Å². The van der Waals surface area contributed by atoms with Gasteiger partial charge in [0.2, 0.25) is 0 Å². The van der Waals surface area contributed by atoms with Crippen LogP contribution >= 0.6 is 0 Å². The largest absolute Gasteiger partial charge is 0.392 e. The molecule has 3 nitrogen and oxygen atoms in total. The molecule has 0 spiro atoms. The van der Waals surface area contributed by atoms with Crippen LogP contribution in [0.2, 0.25) is 0 Å². The van der Waals surface area contributed by atoms with E-state index >= 15 is 0 Å². The normalized spacial score (nSPS) is 11.5. The zero-order valence-electron chi connectivity index (χ0n) is 15.3. The summed E-state index contributed by atoms with van der Waals surface area (Å²) < 4.78 is 0. The molecule has 0 bridgehead atoms. The zero-order valence-corrected chi connectivity index (χ0v) is 15.3. The lowest BCUT2D eigenvalue weighted by Gasteiger charge is -2.17. The fourth-order valence-electron chi connectivity index (χ4n) is 2.89. The van der Waals surface area contributed by atoms with Crippen LogP contribution in [0.1, 0.15) is 50.2 Å². The van der Waals surface area contributed by atoms with Gasteiger partial charge >= 0.3 is 0 Å². The second-order valence-electron chi connectivity index (χ2n) is 7.24. The number of nitrogens with two attached hydrogens (primary N) is 1. The summed E-state index contributed by atoms with van der Waals surface area (Å²) in [6, 6.07) is 11.7. The molecule has 0 saturated carbocycles. The molecule has 0 atom stereocenters. The molecule has 1 radical (unpaired) electrons. The Morgan fingerprint density at radius 3 is 2.17 bits per heavy atom. The monoisotopic (exact) mass is 325 g/mol. The van der Waals surface area contributed by atoms with Crippen molar-refractivity contribution >= 4 is 0 Å². The molecule has 1 aromatic carbocycles. The Kier molecular flexibility index (Phi) is 6.52. The van der Waals surface area contributed by atoms with Gasteiger partial charge < -0.3 is 10.8 Å². The van der Waals surface area contributed by atoms with E-state index in [4.69, 9.17) is 10.7 Å². The number of nitrogens with zero attached hydrogens (tertiary/aromatic N) is 1. The highest BCUT2D eigenvalue weighted by molar-refractivity contribution is 5.68. The fraction of sp³-hybridized carbons (Fsp3) is 0.476. The van der Waals surface area contributed by atoms with E-state index in [0.717, 1.165) is 46.5 Å². The minimum atomic E-state index is -0.0124. The lowest BCUT2D eigenvalue weighted by molar-refractivity contribution is 0.280. The number of hydrogen-bond donors (Lipinski definition) is 2. The molecular formula is C21H29N2O. The van der Waals surface area contributed by atoms with Gasteiger partial charge in [-0.05, 0) is 41.4 Å². The summed E-state index contributed by atoms with van der Waals surface area (Å²) in [5.74, 6) is 1.01. The maximum Gasteiger partial charge on any atom is 0.0705 e. The minimum Gasteiger partial charge on any atom is -0.392 e. The van der Waals surface area contributed by atoms with Crippen LogP contribution in [-0.4, -0.2) is 10.1 Å². The third kappa shape index (κ3) is 4.65. The van der Waals surface area contributed by atoms with E-state index in [1.54, 1.807) is 0 Å².